The van der Waals surface area contributed by atoms with E-state index >= 15 is 0 Å². The number of aliphatic hydroxyl groups is 1. The molecular weight excluding hydrogens is 474 g/mol. The smallest absolute Gasteiger partial charge is 0.224 e. The Morgan fingerprint density at radius 2 is 1.92 bits per heavy atom. The number of hydrogen-bond acceptors (Lipinski definition) is 9. The van der Waals surface area contributed by atoms with Gasteiger partial charge in [-0.25, -0.2) is 4.98 Å². The van der Waals surface area contributed by atoms with Gasteiger partial charge in [-0.1, -0.05) is 26.0 Å². The number of hydrogen-bond donors (Lipinski definition) is 3. The van der Waals surface area contributed by atoms with Crippen molar-refractivity contribution >= 4 is 23.1 Å². The molecular formula is C26H37N7O2S. The Morgan fingerprint density at radius 1 is 1.19 bits per heavy atom. The molecule has 0 amide bonds. The molecule has 2 fully saturated rings. The van der Waals surface area contributed by atoms with Gasteiger partial charge in [0.15, 0.2) is 4.90 Å². The quantitative estimate of drug-likeness (QED) is 0.459. The third kappa shape index (κ3) is 6.66. The molecule has 2 aromatic rings. The lowest BCUT2D eigenvalue weighted by Gasteiger charge is -2.40. The van der Waals surface area contributed by atoms with Gasteiger partial charge in [0.1, 0.15) is 17.5 Å². The standard InChI is InChI=1S/C26H37N7O2S/c1-26(2)16-21(6-9-23(26)34)30-24-20(17-27)18-29-25(31-24)28-11-10-19-4-7-22(8-5-19)36(35)33-14-12-32(3)13-15-33/h4-5,7-8,18,21,23,34H,6,9-16H2,1-3H3,(H2,28,29,30,31)/t21-,23+,36?/m1/s1. The monoisotopic (exact) mass is 511 g/mol. The molecule has 4 rings (SSSR count). The lowest BCUT2D eigenvalue weighted by atomic mass is 9.73. The molecule has 0 bridgehead atoms. The number of nitrogens with one attached hydrogen (secondary N) is 2. The zero-order chi connectivity index (χ0) is 25.7. The minimum absolute atomic E-state index is 0.146. The van der Waals surface area contributed by atoms with E-state index in [2.05, 4.69) is 52.5 Å². The topological polar surface area (TPSA) is 123 Å². The van der Waals surface area contributed by atoms with Crippen LogP contribution in [-0.4, -0.2) is 80.7 Å². The minimum Gasteiger partial charge on any atom is -0.593 e. The second-order valence-electron chi connectivity index (χ2n) is 10.5. The summed E-state index contributed by atoms with van der Waals surface area (Å²) in [6.45, 7) is 8.28. The Kier molecular flexibility index (Phi) is 8.70. The average Bonchev–Trinajstić information content (AvgIpc) is 2.87. The van der Waals surface area contributed by atoms with Crippen LogP contribution in [0.4, 0.5) is 11.8 Å². The molecule has 0 spiro atoms. The highest BCUT2D eigenvalue weighted by Gasteiger charge is 2.36. The van der Waals surface area contributed by atoms with Gasteiger partial charge in [0.25, 0.3) is 0 Å². The maximum atomic E-state index is 12.8. The van der Waals surface area contributed by atoms with Gasteiger partial charge in [-0.3, -0.25) is 0 Å². The van der Waals surface area contributed by atoms with E-state index in [9.17, 15) is 14.9 Å². The maximum absolute atomic E-state index is 12.8. The molecule has 3 atom stereocenters. The van der Waals surface area contributed by atoms with Crippen LogP contribution in [0.15, 0.2) is 35.4 Å². The molecule has 1 unspecified atom stereocenters. The molecule has 10 heteroatoms. The molecule has 0 radical (unpaired) electrons. The summed E-state index contributed by atoms with van der Waals surface area (Å²) in [6, 6.07) is 10.3. The molecule has 2 aliphatic rings. The SMILES string of the molecule is CN1CCN([S+]([O-])c2ccc(CCNc3ncc(C#N)c(N[C@@H]4CC[C@H](O)C(C)(C)C4)n3)cc2)CC1. The lowest BCUT2D eigenvalue weighted by molar-refractivity contribution is 0.00926. The predicted molar refractivity (Wildman–Crippen MR) is 142 cm³/mol. The first-order valence-electron chi connectivity index (χ1n) is 12.6. The van der Waals surface area contributed by atoms with Crippen molar-refractivity contribution in [1.82, 2.24) is 19.2 Å². The molecule has 1 aromatic heterocycles. The Balaban J connectivity index is 1.30. The average molecular weight is 512 g/mol. The molecule has 36 heavy (non-hydrogen) atoms. The summed E-state index contributed by atoms with van der Waals surface area (Å²) in [4.78, 5) is 11.9. The molecule has 1 saturated heterocycles. The number of aliphatic hydroxyl groups excluding tert-OH is 1. The minimum atomic E-state index is -1.12. The van der Waals surface area contributed by atoms with E-state index in [0.29, 0.717) is 23.9 Å². The lowest BCUT2D eigenvalue weighted by Crippen LogP contribution is -2.47. The Labute approximate surface area is 217 Å². The van der Waals surface area contributed by atoms with E-state index in [0.717, 1.165) is 62.3 Å². The number of likely N-dealkylation sites (N-methyl/N-ethyl adjacent to an activating group) is 1. The number of nitrogens with zero attached hydrogens (tertiary/aromatic N) is 5. The molecule has 3 N–H and O–H groups in total. The van der Waals surface area contributed by atoms with E-state index in [1.807, 2.05) is 28.6 Å². The zero-order valence-corrected chi connectivity index (χ0v) is 22.2. The zero-order valence-electron chi connectivity index (χ0n) is 21.4. The van der Waals surface area contributed by atoms with Gasteiger partial charge < -0.3 is 25.2 Å². The maximum Gasteiger partial charge on any atom is 0.224 e. The van der Waals surface area contributed by atoms with Gasteiger partial charge >= 0.3 is 0 Å². The van der Waals surface area contributed by atoms with Crippen LogP contribution < -0.4 is 10.6 Å². The summed E-state index contributed by atoms with van der Waals surface area (Å²) in [5.41, 5.74) is 1.37. The van der Waals surface area contributed by atoms with Crippen LogP contribution in [0.5, 0.6) is 0 Å². The van der Waals surface area contributed by atoms with Crippen LogP contribution in [0.3, 0.4) is 0 Å². The summed E-state index contributed by atoms with van der Waals surface area (Å²) in [7, 11) is 2.09. The third-order valence-corrected chi connectivity index (χ3v) is 8.74. The van der Waals surface area contributed by atoms with Crippen molar-refractivity contribution in [3.05, 3.63) is 41.6 Å². The molecule has 194 valence electrons. The largest absolute Gasteiger partial charge is 0.593 e. The molecule has 1 aromatic carbocycles. The summed E-state index contributed by atoms with van der Waals surface area (Å²) < 4.78 is 14.9. The fourth-order valence-electron chi connectivity index (χ4n) is 4.79. The van der Waals surface area contributed by atoms with Gasteiger partial charge in [-0.05, 0) is 55.8 Å². The normalized spacial score (nSPS) is 23.6. The Bertz CT molecular complexity index is 1050. The van der Waals surface area contributed by atoms with Gasteiger partial charge in [-0.15, -0.1) is 4.31 Å². The second-order valence-corrected chi connectivity index (χ2v) is 12.0. The van der Waals surface area contributed by atoms with Gasteiger partial charge in [0, 0.05) is 25.7 Å². The molecule has 1 saturated carbocycles. The molecule has 1 aliphatic carbocycles. The number of rotatable bonds is 8. The van der Waals surface area contributed by atoms with Crippen molar-refractivity contribution in [2.24, 2.45) is 5.41 Å². The summed E-state index contributed by atoms with van der Waals surface area (Å²) in [6.07, 6.45) is 4.36. The van der Waals surface area contributed by atoms with Crippen LogP contribution >= 0.6 is 0 Å². The van der Waals surface area contributed by atoms with Crippen molar-refractivity contribution in [2.45, 2.75) is 56.6 Å². The predicted octanol–water partition coefficient (Wildman–Crippen LogP) is 2.62. The molecule has 1 aliphatic heterocycles. The number of benzene rings is 1. The van der Waals surface area contributed by atoms with Gasteiger partial charge in [0.05, 0.1) is 36.8 Å². The summed E-state index contributed by atoms with van der Waals surface area (Å²) in [5.74, 6) is 1.00. The van der Waals surface area contributed by atoms with Crippen LogP contribution in [0.2, 0.25) is 0 Å². The number of aromatic nitrogens is 2. The van der Waals surface area contributed by atoms with Crippen molar-refractivity contribution in [3.8, 4) is 6.07 Å². The van der Waals surface area contributed by atoms with Crippen LogP contribution in [-0.2, 0) is 17.8 Å². The van der Waals surface area contributed by atoms with Crippen molar-refractivity contribution < 1.29 is 9.66 Å². The fraction of sp³-hybridized carbons (Fsp3) is 0.577. The first-order chi connectivity index (χ1) is 17.2. The van der Waals surface area contributed by atoms with Crippen LogP contribution in [0.25, 0.3) is 0 Å². The number of nitriles is 1. The highest BCUT2D eigenvalue weighted by Crippen LogP contribution is 2.37. The second kappa shape index (κ2) is 11.8. The van der Waals surface area contributed by atoms with E-state index < -0.39 is 11.4 Å². The summed E-state index contributed by atoms with van der Waals surface area (Å²) in [5, 5.41) is 26.4. The molecule has 2 heterocycles. The van der Waals surface area contributed by atoms with E-state index in [1.165, 1.54) is 0 Å². The van der Waals surface area contributed by atoms with E-state index in [-0.39, 0.29) is 17.6 Å². The Morgan fingerprint density at radius 3 is 2.58 bits per heavy atom. The fourth-order valence-corrected chi connectivity index (χ4v) is 5.95. The molecule has 9 nitrogen and oxygen atoms in total. The van der Waals surface area contributed by atoms with E-state index in [4.69, 9.17) is 0 Å². The van der Waals surface area contributed by atoms with Crippen LogP contribution in [0.1, 0.15) is 44.2 Å². The first-order valence-corrected chi connectivity index (χ1v) is 13.8. The van der Waals surface area contributed by atoms with E-state index in [1.54, 1.807) is 6.20 Å². The van der Waals surface area contributed by atoms with Crippen molar-refractivity contribution in [1.29, 1.82) is 5.26 Å². The Hall–Kier alpha value is -2.42. The van der Waals surface area contributed by atoms with Gasteiger partial charge in [-0.2, -0.15) is 10.2 Å². The summed E-state index contributed by atoms with van der Waals surface area (Å²) >= 11 is -1.12. The number of anilines is 2. The van der Waals surface area contributed by atoms with Gasteiger partial charge in [0.2, 0.25) is 5.95 Å². The highest BCUT2D eigenvalue weighted by molar-refractivity contribution is 7.89. The van der Waals surface area contributed by atoms with Crippen molar-refractivity contribution in [3.63, 3.8) is 0 Å². The van der Waals surface area contributed by atoms with Crippen molar-refractivity contribution in [2.75, 3.05) is 50.4 Å². The third-order valence-electron chi connectivity index (χ3n) is 7.23. The highest BCUT2D eigenvalue weighted by atomic mass is 32.2. The first kappa shape index (κ1) is 26.6. The van der Waals surface area contributed by atoms with Crippen LogP contribution in [0, 0.1) is 16.7 Å². The number of piperazine rings is 1.